The molecule has 0 aliphatic carbocycles. The first kappa shape index (κ1) is 14.6. The third-order valence-electron chi connectivity index (χ3n) is 4.46. The predicted molar refractivity (Wildman–Crippen MR) is 76.2 cm³/mol. The van der Waals surface area contributed by atoms with Crippen molar-refractivity contribution in [3.8, 4) is 0 Å². The Kier molecular flexibility index (Phi) is 5.95. The minimum Gasteiger partial charge on any atom is -0.449 e. The highest BCUT2D eigenvalue weighted by Crippen LogP contribution is 2.30. The fourth-order valence-corrected chi connectivity index (χ4v) is 3.37. The lowest BCUT2D eigenvalue weighted by Gasteiger charge is -2.44. The zero-order chi connectivity index (χ0) is 13.5. The summed E-state index contributed by atoms with van der Waals surface area (Å²) in [6.45, 7) is 5.93. The molecule has 0 aromatic carbocycles. The second-order valence-electron chi connectivity index (χ2n) is 5.88. The Balaban J connectivity index is 1.70. The summed E-state index contributed by atoms with van der Waals surface area (Å²) in [5.74, 6) is 0.547. The lowest BCUT2D eigenvalue weighted by Crippen LogP contribution is -2.49. The molecular formula is C15H28N2O2. The summed E-state index contributed by atoms with van der Waals surface area (Å²) in [6.07, 6.45) is 8.30. The van der Waals surface area contributed by atoms with Gasteiger partial charge >= 0.3 is 6.09 Å². The van der Waals surface area contributed by atoms with E-state index >= 15 is 0 Å². The largest absolute Gasteiger partial charge is 0.449 e. The van der Waals surface area contributed by atoms with E-state index in [9.17, 15) is 4.79 Å². The second kappa shape index (κ2) is 7.73. The minimum atomic E-state index is -0.235. The summed E-state index contributed by atoms with van der Waals surface area (Å²) in [5, 5.41) is 2.82. The molecule has 2 fully saturated rings. The van der Waals surface area contributed by atoms with Gasteiger partial charge < -0.3 is 10.1 Å². The Hall–Kier alpha value is -0.770. The number of carbonyl (C=O) groups excluding carboxylic acids is 1. The zero-order valence-corrected chi connectivity index (χ0v) is 12.2. The van der Waals surface area contributed by atoms with E-state index in [4.69, 9.17) is 4.74 Å². The number of nitrogens with one attached hydrogen (secondary N) is 1. The van der Waals surface area contributed by atoms with Crippen molar-refractivity contribution in [3.63, 3.8) is 0 Å². The smallest absolute Gasteiger partial charge is 0.407 e. The van der Waals surface area contributed by atoms with Crippen LogP contribution in [0.3, 0.4) is 0 Å². The molecular weight excluding hydrogens is 240 g/mol. The fourth-order valence-electron chi connectivity index (χ4n) is 3.37. The number of piperidine rings is 2. The van der Waals surface area contributed by atoms with Crippen molar-refractivity contribution >= 4 is 6.09 Å². The number of fused-ring (bicyclic) bond motifs is 1. The van der Waals surface area contributed by atoms with Gasteiger partial charge in [-0.1, -0.05) is 19.8 Å². The van der Waals surface area contributed by atoms with Crippen LogP contribution in [0, 0.1) is 5.92 Å². The normalized spacial score (nSPS) is 27.6. The standard InChI is InChI=1S/C15H28N2O2/c1-2-3-9-16-15(18)19-12-13-7-6-11-17-10-5-4-8-14(13)17/h13-14H,2-12H2,1H3,(H,16,18). The summed E-state index contributed by atoms with van der Waals surface area (Å²) < 4.78 is 5.40. The average molecular weight is 268 g/mol. The van der Waals surface area contributed by atoms with Crippen LogP contribution < -0.4 is 5.32 Å². The van der Waals surface area contributed by atoms with Crippen LogP contribution in [0.15, 0.2) is 0 Å². The van der Waals surface area contributed by atoms with Crippen molar-refractivity contribution in [3.05, 3.63) is 0 Å². The van der Waals surface area contributed by atoms with Crippen molar-refractivity contribution in [1.29, 1.82) is 0 Å². The van der Waals surface area contributed by atoms with E-state index < -0.39 is 0 Å². The molecule has 110 valence electrons. The maximum Gasteiger partial charge on any atom is 0.407 e. The van der Waals surface area contributed by atoms with Crippen LogP contribution in [0.25, 0.3) is 0 Å². The molecule has 4 nitrogen and oxygen atoms in total. The molecule has 0 spiro atoms. The van der Waals surface area contributed by atoms with E-state index in [0.29, 0.717) is 18.6 Å². The molecule has 19 heavy (non-hydrogen) atoms. The van der Waals surface area contributed by atoms with Gasteiger partial charge in [-0.2, -0.15) is 0 Å². The molecule has 0 bridgehead atoms. The Morgan fingerprint density at radius 3 is 2.95 bits per heavy atom. The monoisotopic (exact) mass is 268 g/mol. The molecule has 2 aliphatic heterocycles. The quantitative estimate of drug-likeness (QED) is 0.780. The number of hydrogen-bond donors (Lipinski definition) is 1. The van der Waals surface area contributed by atoms with E-state index in [-0.39, 0.29) is 6.09 Å². The lowest BCUT2D eigenvalue weighted by atomic mass is 9.84. The second-order valence-corrected chi connectivity index (χ2v) is 5.88. The molecule has 2 rings (SSSR count). The third kappa shape index (κ3) is 4.37. The topological polar surface area (TPSA) is 41.6 Å². The maximum atomic E-state index is 11.6. The first-order valence-corrected chi connectivity index (χ1v) is 7.96. The molecule has 2 unspecified atom stereocenters. The van der Waals surface area contributed by atoms with Crippen molar-refractivity contribution in [2.45, 2.75) is 57.9 Å². The lowest BCUT2D eigenvalue weighted by molar-refractivity contribution is 0.0235. The number of unbranched alkanes of at least 4 members (excludes halogenated alkanes) is 1. The van der Waals surface area contributed by atoms with Crippen molar-refractivity contribution in [1.82, 2.24) is 10.2 Å². The number of alkyl carbamates (subject to hydrolysis) is 1. The molecule has 2 saturated heterocycles. The molecule has 2 atom stereocenters. The molecule has 2 heterocycles. The molecule has 0 radical (unpaired) electrons. The van der Waals surface area contributed by atoms with Gasteiger partial charge in [0.25, 0.3) is 0 Å². The van der Waals surface area contributed by atoms with Gasteiger partial charge in [-0.3, -0.25) is 4.90 Å². The minimum absolute atomic E-state index is 0.235. The highest BCUT2D eigenvalue weighted by atomic mass is 16.5. The SMILES string of the molecule is CCCCNC(=O)OCC1CCCN2CCCCC12. The van der Waals surface area contributed by atoms with Gasteiger partial charge in [-0.25, -0.2) is 4.79 Å². The summed E-state index contributed by atoms with van der Waals surface area (Å²) >= 11 is 0. The predicted octanol–water partition coefficient (Wildman–Crippen LogP) is 2.78. The number of rotatable bonds is 5. The summed E-state index contributed by atoms with van der Waals surface area (Å²) in [4.78, 5) is 14.2. The van der Waals surface area contributed by atoms with E-state index in [1.165, 1.54) is 45.2 Å². The Bertz CT molecular complexity index is 281. The van der Waals surface area contributed by atoms with Crippen molar-refractivity contribution in [2.75, 3.05) is 26.2 Å². The summed E-state index contributed by atoms with van der Waals surface area (Å²) in [6, 6.07) is 0.658. The average Bonchev–Trinajstić information content (AvgIpc) is 2.45. The first-order chi connectivity index (χ1) is 9.31. The number of nitrogens with zero attached hydrogens (tertiary/aromatic N) is 1. The molecule has 1 N–H and O–H groups in total. The van der Waals surface area contributed by atoms with Gasteiger partial charge in [-0.05, 0) is 45.2 Å². The van der Waals surface area contributed by atoms with Gasteiger partial charge in [0.1, 0.15) is 0 Å². The van der Waals surface area contributed by atoms with Crippen LogP contribution in [-0.4, -0.2) is 43.3 Å². The van der Waals surface area contributed by atoms with E-state index in [2.05, 4.69) is 17.1 Å². The van der Waals surface area contributed by atoms with Crippen LogP contribution in [-0.2, 0) is 4.74 Å². The molecule has 0 saturated carbocycles. The molecule has 4 heteroatoms. The third-order valence-corrected chi connectivity index (χ3v) is 4.46. The molecule has 0 aromatic heterocycles. The van der Waals surface area contributed by atoms with Crippen LogP contribution in [0.1, 0.15) is 51.9 Å². The number of hydrogen-bond acceptors (Lipinski definition) is 3. The van der Waals surface area contributed by atoms with E-state index in [0.717, 1.165) is 19.4 Å². The number of amides is 1. The van der Waals surface area contributed by atoms with Crippen molar-refractivity contribution in [2.24, 2.45) is 5.92 Å². The molecule has 0 aromatic rings. The Morgan fingerprint density at radius 2 is 2.11 bits per heavy atom. The zero-order valence-electron chi connectivity index (χ0n) is 12.2. The highest BCUT2D eigenvalue weighted by Gasteiger charge is 2.33. The summed E-state index contributed by atoms with van der Waals surface area (Å²) in [7, 11) is 0. The van der Waals surface area contributed by atoms with Crippen LogP contribution in [0.4, 0.5) is 4.79 Å². The van der Waals surface area contributed by atoms with Crippen molar-refractivity contribution < 1.29 is 9.53 Å². The molecule has 2 aliphatic rings. The van der Waals surface area contributed by atoms with E-state index in [1.54, 1.807) is 0 Å². The van der Waals surface area contributed by atoms with Gasteiger partial charge in [0.05, 0.1) is 6.61 Å². The number of ether oxygens (including phenoxy) is 1. The fraction of sp³-hybridized carbons (Fsp3) is 0.933. The maximum absolute atomic E-state index is 11.6. The number of carbonyl (C=O) groups is 1. The van der Waals surface area contributed by atoms with Crippen LogP contribution >= 0.6 is 0 Å². The van der Waals surface area contributed by atoms with Gasteiger partial charge in [-0.15, -0.1) is 0 Å². The van der Waals surface area contributed by atoms with Gasteiger partial charge in [0.2, 0.25) is 0 Å². The van der Waals surface area contributed by atoms with Gasteiger partial charge in [0.15, 0.2) is 0 Å². The Morgan fingerprint density at radius 1 is 1.26 bits per heavy atom. The summed E-state index contributed by atoms with van der Waals surface area (Å²) in [5.41, 5.74) is 0. The van der Waals surface area contributed by atoms with Crippen LogP contribution in [0.2, 0.25) is 0 Å². The Labute approximate surface area is 116 Å². The van der Waals surface area contributed by atoms with Gasteiger partial charge in [0, 0.05) is 18.5 Å². The van der Waals surface area contributed by atoms with E-state index in [1.807, 2.05) is 0 Å². The molecule has 1 amide bonds. The van der Waals surface area contributed by atoms with Crippen LogP contribution in [0.5, 0.6) is 0 Å². The first-order valence-electron chi connectivity index (χ1n) is 7.96. The highest BCUT2D eigenvalue weighted by molar-refractivity contribution is 5.67.